The molecule has 0 radical (unpaired) electrons. The monoisotopic (exact) mass is 279 g/mol. The number of nitrogens with two attached hydrogens (primary N) is 1. The van der Waals surface area contributed by atoms with Gasteiger partial charge in [0.15, 0.2) is 5.78 Å². The van der Waals surface area contributed by atoms with Crippen LogP contribution in [0.25, 0.3) is 0 Å². The standard InChI is InChI=1S/C16H25NO3/c1-4-12(9-10-17)5-8-15(18)14-7-6-13(19-2)11-16(14)20-3/h6-7,11-12H,4-5,8-10,17H2,1-3H3. The second-order valence-corrected chi connectivity index (χ2v) is 4.88. The van der Waals surface area contributed by atoms with Crippen molar-refractivity contribution >= 4 is 5.78 Å². The summed E-state index contributed by atoms with van der Waals surface area (Å²) in [5.74, 6) is 1.89. The first-order valence-electron chi connectivity index (χ1n) is 7.11. The Kier molecular flexibility index (Phi) is 7.09. The summed E-state index contributed by atoms with van der Waals surface area (Å²) < 4.78 is 10.4. The third kappa shape index (κ3) is 4.53. The lowest BCUT2D eigenvalue weighted by Gasteiger charge is -2.14. The fourth-order valence-corrected chi connectivity index (χ4v) is 2.29. The molecule has 4 nitrogen and oxygen atoms in total. The van der Waals surface area contributed by atoms with Crippen LogP contribution >= 0.6 is 0 Å². The number of benzene rings is 1. The highest BCUT2D eigenvalue weighted by atomic mass is 16.5. The van der Waals surface area contributed by atoms with Crippen molar-refractivity contribution in [2.24, 2.45) is 11.7 Å². The number of carbonyl (C=O) groups is 1. The number of carbonyl (C=O) groups excluding carboxylic acids is 1. The highest BCUT2D eigenvalue weighted by Crippen LogP contribution is 2.27. The predicted octanol–water partition coefficient (Wildman–Crippen LogP) is 3.04. The van der Waals surface area contributed by atoms with Crippen molar-refractivity contribution in [2.45, 2.75) is 32.6 Å². The first-order chi connectivity index (χ1) is 9.65. The van der Waals surface area contributed by atoms with Gasteiger partial charge in [0.05, 0.1) is 19.8 Å². The van der Waals surface area contributed by atoms with Crippen LogP contribution in [-0.4, -0.2) is 26.5 Å². The molecule has 0 amide bonds. The molecule has 1 aromatic rings. The lowest BCUT2D eigenvalue weighted by Crippen LogP contribution is -2.10. The summed E-state index contributed by atoms with van der Waals surface area (Å²) in [6.07, 6.45) is 3.44. The number of rotatable bonds is 9. The third-order valence-electron chi connectivity index (χ3n) is 3.64. The molecule has 2 N–H and O–H groups in total. The maximum absolute atomic E-state index is 12.3. The van der Waals surface area contributed by atoms with Crippen LogP contribution in [0.15, 0.2) is 18.2 Å². The number of hydrogen-bond acceptors (Lipinski definition) is 4. The van der Waals surface area contributed by atoms with E-state index < -0.39 is 0 Å². The zero-order valence-electron chi connectivity index (χ0n) is 12.6. The lowest BCUT2D eigenvalue weighted by atomic mass is 9.93. The van der Waals surface area contributed by atoms with E-state index in [0.29, 0.717) is 35.9 Å². The molecule has 0 aromatic heterocycles. The van der Waals surface area contributed by atoms with Gasteiger partial charge in [-0.1, -0.05) is 13.3 Å². The summed E-state index contributed by atoms with van der Waals surface area (Å²) in [4.78, 5) is 12.3. The Morgan fingerprint density at radius 2 is 2.00 bits per heavy atom. The molecule has 0 aliphatic rings. The van der Waals surface area contributed by atoms with Crippen molar-refractivity contribution in [3.05, 3.63) is 23.8 Å². The molecule has 1 unspecified atom stereocenters. The molecular formula is C16H25NO3. The second kappa shape index (κ2) is 8.59. The largest absolute Gasteiger partial charge is 0.497 e. The average molecular weight is 279 g/mol. The van der Waals surface area contributed by atoms with E-state index in [0.717, 1.165) is 19.3 Å². The first kappa shape index (κ1) is 16.5. The minimum atomic E-state index is 0.111. The molecule has 4 heteroatoms. The van der Waals surface area contributed by atoms with Gasteiger partial charge < -0.3 is 15.2 Å². The molecule has 0 saturated heterocycles. The molecule has 0 bridgehead atoms. The van der Waals surface area contributed by atoms with E-state index in [4.69, 9.17) is 15.2 Å². The van der Waals surface area contributed by atoms with Gasteiger partial charge in [0.2, 0.25) is 0 Å². The normalized spacial score (nSPS) is 12.0. The molecule has 20 heavy (non-hydrogen) atoms. The van der Waals surface area contributed by atoms with Gasteiger partial charge in [0.25, 0.3) is 0 Å². The first-order valence-corrected chi connectivity index (χ1v) is 7.11. The van der Waals surface area contributed by atoms with Crippen LogP contribution in [0.3, 0.4) is 0 Å². The minimum absolute atomic E-state index is 0.111. The quantitative estimate of drug-likeness (QED) is 0.706. The van der Waals surface area contributed by atoms with E-state index in [1.807, 2.05) is 0 Å². The van der Waals surface area contributed by atoms with Gasteiger partial charge in [-0.2, -0.15) is 0 Å². The van der Waals surface area contributed by atoms with Crippen LogP contribution in [0.2, 0.25) is 0 Å². The molecule has 0 aliphatic heterocycles. The van der Waals surface area contributed by atoms with Crippen molar-refractivity contribution < 1.29 is 14.3 Å². The van der Waals surface area contributed by atoms with Gasteiger partial charge in [0, 0.05) is 12.5 Å². The zero-order valence-corrected chi connectivity index (χ0v) is 12.6. The Hall–Kier alpha value is -1.55. The van der Waals surface area contributed by atoms with Crippen molar-refractivity contribution in [3.63, 3.8) is 0 Å². The van der Waals surface area contributed by atoms with Crippen molar-refractivity contribution in [1.29, 1.82) is 0 Å². The maximum atomic E-state index is 12.3. The molecule has 1 rings (SSSR count). The van der Waals surface area contributed by atoms with E-state index in [9.17, 15) is 4.79 Å². The van der Waals surface area contributed by atoms with Gasteiger partial charge in [0.1, 0.15) is 11.5 Å². The summed E-state index contributed by atoms with van der Waals surface area (Å²) >= 11 is 0. The van der Waals surface area contributed by atoms with E-state index in [1.54, 1.807) is 32.4 Å². The predicted molar refractivity (Wildman–Crippen MR) is 80.6 cm³/mol. The Labute approximate surface area is 121 Å². The maximum Gasteiger partial charge on any atom is 0.166 e. The van der Waals surface area contributed by atoms with Crippen LogP contribution in [0.5, 0.6) is 11.5 Å². The van der Waals surface area contributed by atoms with Gasteiger partial charge in [-0.25, -0.2) is 0 Å². The Bertz CT molecular complexity index is 432. The molecular weight excluding hydrogens is 254 g/mol. The minimum Gasteiger partial charge on any atom is -0.497 e. The highest BCUT2D eigenvalue weighted by Gasteiger charge is 2.15. The molecule has 1 atom stereocenters. The molecule has 0 spiro atoms. The topological polar surface area (TPSA) is 61.6 Å². The van der Waals surface area contributed by atoms with E-state index >= 15 is 0 Å². The van der Waals surface area contributed by atoms with Crippen LogP contribution in [0.1, 0.15) is 43.0 Å². The SMILES string of the molecule is CCC(CCN)CCC(=O)c1ccc(OC)cc1OC. The smallest absolute Gasteiger partial charge is 0.166 e. The Morgan fingerprint density at radius 1 is 1.25 bits per heavy atom. The number of methoxy groups -OCH3 is 2. The van der Waals surface area contributed by atoms with Crippen molar-refractivity contribution in [2.75, 3.05) is 20.8 Å². The molecule has 112 valence electrons. The summed E-state index contributed by atoms with van der Waals surface area (Å²) in [6.45, 7) is 2.82. The van der Waals surface area contributed by atoms with Gasteiger partial charge >= 0.3 is 0 Å². The van der Waals surface area contributed by atoms with Crippen molar-refractivity contribution in [1.82, 2.24) is 0 Å². The van der Waals surface area contributed by atoms with Crippen molar-refractivity contribution in [3.8, 4) is 11.5 Å². The van der Waals surface area contributed by atoms with Gasteiger partial charge in [-0.15, -0.1) is 0 Å². The number of hydrogen-bond donors (Lipinski definition) is 1. The van der Waals surface area contributed by atoms with Crippen LogP contribution in [-0.2, 0) is 0 Å². The second-order valence-electron chi connectivity index (χ2n) is 4.88. The molecule has 1 aromatic carbocycles. The summed E-state index contributed by atoms with van der Waals surface area (Å²) in [7, 11) is 3.16. The van der Waals surface area contributed by atoms with Crippen LogP contribution in [0, 0.1) is 5.92 Å². The number of ketones is 1. The average Bonchev–Trinajstić information content (AvgIpc) is 2.50. The molecule has 0 saturated carbocycles. The van der Waals surface area contributed by atoms with E-state index in [1.165, 1.54) is 0 Å². The molecule has 0 heterocycles. The van der Waals surface area contributed by atoms with E-state index in [-0.39, 0.29) is 5.78 Å². The summed E-state index contributed by atoms with van der Waals surface area (Å²) in [5.41, 5.74) is 6.20. The summed E-state index contributed by atoms with van der Waals surface area (Å²) in [5, 5.41) is 0. The fourth-order valence-electron chi connectivity index (χ4n) is 2.29. The zero-order chi connectivity index (χ0) is 15.0. The third-order valence-corrected chi connectivity index (χ3v) is 3.64. The highest BCUT2D eigenvalue weighted by molar-refractivity contribution is 5.98. The van der Waals surface area contributed by atoms with Gasteiger partial charge in [-0.05, 0) is 37.4 Å². The molecule has 0 fully saturated rings. The fraction of sp³-hybridized carbons (Fsp3) is 0.562. The van der Waals surface area contributed by atoms with Crippen LogP contribution < -0.4 is 15.2 Å². The Morgan fingerprint density at radius 3 is 2.55 bits per heavy atom. The van der Waals surface area contributed by atoms with Gasteiger partial charge in [-0.3, -0.25) is 4.79 Å². The lowest BCUT2D eigenvalue weighted by molar-refractivity contribution is 0.0969. The summed E-state index contributed by atoms with van der Waals surface area (Å²) in [6, 6.07) is 5.29. The Balaban J connectivity index is 2.71. The van der Waals surface area contributed by atoms with E-state index in [2.05, 4.69) is 6.92 Å². The number of Topliss-reactive ketones (excluding diaryl/α,β-unsaturated/α-hetero) is 1. The number of ether oxygens (including phenoxy) is 2. The van der Waals surface area contributed by atoms with Crippen LogP contribution in [0.4, 0.5) is 0 Å². The molecule has 0 aliphatic carbocycles.